The van der Waals surface area contributed by atoms with Crippen molar-refractivity contribution in [1.29, 1.82) is 0 Å². The number of carbonyl (C=O) groups is 5. The van der Waals surface area contributed by atoms with E-state index < -0.39 is 150 Å². The smallest absolute Gasteiger partial charge is 0.317 e. The Morgan fingerprint density at radius 2 is 1.42 bits per heavy atom. The van der Waals surface area contributed by atoms with Gasteiger partial charge in [-0.3, -0.25) is 24.0 Å². The lowest BCUT2D eigenvalue weighted by molar-refractivity contribution is -0.300. The number of esters is 1. The van der Waals surface area contributed by atoms with E-state index in [0.29, 0.717) is 25.7 Å². The highest BCUT2D eigenvalue weighted by atomic mass is 16.7. The number of allylic oxidation sites excluding steroid dienone is 2. The van der Waals surface area contributed by atoms with E-state index in [9.17, 15) is 49.5 Å². The van der Waals surface area contributed by atoms with Crippen molar-refractivity contribution in [2.24, 2.45) is 0 Å². The molecule has 356 valence electrons. The summed E-state index contributed by atoms with van der Waals surface area (Å²) in [7, 11) is 0. The molecule has 3 aliphatic carbocycles. The number of phenolic OH excluding ortho intramolecular Hbond substituents is 1. The SMILES string of the molecule is C[C@@H]1O[C@H](c2ccc3c(c2O)C(=O)C2=C(C3=O)[C@@]3(O[C@H]4CC[C@H](O)[C@@H](C)O4)C(=O)C[C@@](C)(O)C[C@]3(O)C=C2)C[C@@H](O[C@H]2CC[C@@H](O[C@@H]3CC[C@@H](OC(=O)CC(=O)O)[C@H](C)O3)[C@@H](C)O2)[C@H]1O. The van der Waals surface area contributed by atoms with E-state index >= 15 is 0 Å². The van der Waals surface area contributed by atoms with Gasteiger partial charge in [-0.1, -0.05) is 12.1 Å². The largest absolute Gasteiger partial charge is 0.507 e. The topological polar surface area (TPSA) is 281 Å². The molecular weight excluding hydrogens is 856 g/mol. The quantitative estimate of drug-likeness (QED) is 0.145. The van der Waals surface area contributed by atoms with Crippen LogP contribution in [0.3, 0.4) is 0 Å². The second-order valence-corrected chi connectivity index (χ2v) is 18.8. The van der Waals surface area contributed by atoms with Crippen molar-refractivity contribution in [2.45, 2.75) is 196 Å². The number of ether oxygens (including phenoxy) is 8. The standard InChI is InChI=1S/C46H58O19/c1-20-27(47)8-11-37(59-20)65-46-32(48)18-44(5,56)19-45(46,57)15-14-26-39(46)43(55)25-7-6-24(41(53)38(25)42(26)54)30-16-31(40(52)23(4)58-30)64-36-13-10-29(22(3)61-36)63-35-12-9-28(21(2)60-35)62-34(51)17-33(49)50/h6-7,14-15,20-23,27-31,35-37,40,47,52-53,56-57H,8-13,16-19H2,1-5H3,(H,49,50)/t20-,21+,22-,23+,27+,28-,29-,30+,31-,35-,36+,37+,40+,44-,45-,46+/m1/s1. The predicted molar refractivity (Wildman–Crippen MR) is 219 cm³/mol. The van der Waals surface area contributed by atoms with Gasteiger partial charge in [0, 0.05) is 55.2 Å². The number of carbonyl (C=O) groups excluding carboxylic acids is 4. The lowest BCUT2D eigenvalue weighted by Crippen LogP contribution is -2.71. The number of fused-ring (bicyclic) bond motifs is 3. The number of Topliss-reactive ketones (excluding diaryl/α,β-unsaturated/α-hetero) is 3. The highest BCUT2D eigenvalue weighted by Gasteiger charge is 2.69. The average Bonchev–Trinajstić information content (AvgIpc) is 3.21. The van der Waals surface area contributed by atoms with E-state index in [4.69, 9.17) is 43.0 Å². The third-order valence-corrected chi connectivity index (χ3v) is 13.8. The Morgan fingerprint density at radius 3 is 2.06 bits per heavy atom. The van der Waals surface area contributed by atoms with Crippen LogP contribution in [0.5, 0.6) is 5.75 Å². The van der Waals surface area contributed by atoms with Crippen LogP contribution < -0.4 is 0 Å². The zero-order valence-corrected chi connectivity index (χ0v) is 36.9. The van der Waals surface area contributed by atoms with Crippen molar-refractivity contribution >= 4 is 29.3 Å². The lowest BCUT2D eigenvalue weighted by Gasteiger charge is -2.55. The Hall–Kier alpha value is -3.99. The summed E-state index contributed by atoms with van der Waals surface area (Å²) in [6.45, 7) is 8.16. The van der Waals surface area contributed by atoms with Gasteiger partial charge < -0.3 is 68.5 Å². The summed E-state index contributed by atoms with van der Waals surface area (Å²) in [6, 6.07) is 2.76. The molecule has 19 heteroatoms. The molecule has 0 bridgehead atoms. The highest BCUT2D eigenvalue weighted by Crippen LogP contribution is 2.55. The van der Waals surface area contributed by atoms with Gasteiger partial charge in [0.15, 0.2) is 41.8 Å². The van der Waals surface area contributed by atoms with Gasteiger partial charge in [-0.05, 0) is 66.0 Å². The number of aromatic hydroxyl groups is 1. The second kappa shape index (κ2) is 17.9. The first-order valence-corrected chi connectivity index (χ1v) is 22.4. The highest BCUT2D eigenvalue weighted by molar-refractivity contribution is 6.32. The van der Waals surface area contributed by atoms with Crippen molar-refractivity contribution in [1.82, 2.24) is 0 Å². The van der Waals surface area contributed by atoms with Gasteiger partial charge in [0.1, 0.15) is 30.0 Å². The van der Waals surface area contributed by atoms with Gasteiger partial charge in [-0.25, -0.2) is 0 Å². The Balaban J connectivity index is 0.968. The molecule has 7 aliphatic rings. The molecule has 65 heavy (non-hydrogen) atoms. The van der Waals surface area contributed by atoms with Crippen LogP contribution in [0.25, 0.3) is 0 Å². The summed E-state index contributed by atoms with van der Waals surface area (Å²) in [5, 5.41) is 65.6. The lowest BCUT2D eigenvalue weighted by atomic mass is 9.57. The molecule has 0 spiro atoms. The summed E-state index contributed by atoms with van der Waals surface area (Å²) in [6.07, 6.45) is -7.04. The summed E-state index contributed by atoms with van der Waals surface area (Å²) >= 11 is 0. The van der Waals surface area contributed by atoms with Crippen molar-refractivity contribution in [2.75, 3.05) is 0 Å². The van der Waals surface area contributed by atoms with Gasteiger partial charge in [0.05, 0.1) is 65.6 Å². The molecule has 1 aromatic carbocycles. The third-order valence-electron chi connectivity index (χ3n) is 13.8. The molecule has 1 saturated carbocycles. The molecule has 4 heterocycles. The van der Waals surface area contributed by atoms with Crippen LogP contribution in [0.15, 0.2) is 35.4 Å². The van der Waals surface area contributed by atoms with E-state index in [-0.39, 0.29) is 47.6 Å². The minimum absolute atomic E-state index is 0.0148. The van der Waals surface area contributed by atoms with E-state index in [1.54, 1.807) is 20.8 Å². The average molecular weight is 915 g/mol. The number of rotatable bonds is 10. The number of aliphatic hydroxyl groups is 4. The maximum absolute atomic E-state index is 14.7. The number of carboxylic acids is 1. The van der Waals surface area contributed by atoms with E-state index in [1.807, 2.05) is 6.92 Å². The molecule has 19 nitrogen and oxygen atoms in total. The molecule has 0 unspecified atom stereocenters. The van der Waals surface area contributed by atoms with E-state index in [0.717, 1.165) is 0 Å². The molecule has 6 N–H and O–H groups in total. The number of benzene rings is 1. The number of carboxylic acid groups (broad SMARTS) is 1. The van der Waals surface area contributed by atoms with Gasteiger partial charge in [0.2, 0.25) is 0 Å². The minimum atomic E-state index is -2.48. The van der Waals surface area contributed by atoms with Crippen molar-refractivity contribution in [3.05, 3.63) is 52.1 Å². The number of hydrogen-bond donors (Lipinski definition) is 6. The molecule has 4 saturated heterocycles. The number of ketones is 3. The van der Waals surface area contributed by atoms with Crippen molar-refractivity contribution in [3.8, 4) is 5.75 Å². The number of aliphatic carboxylic acids is 1. The minimum Gasteiger partial charge on any atom is -0.507 e. The summed E-state index contributed by atoms with van der Waals surface area (Å²) in [5.41, 5.74) is -7.65. The number of phenols is 1. The molecule has 8 rings (SSSR count). The Kier molecular flexibility index (Phi) is 13.1. The maximum Gasteiger partial charge on any atom is 0.317 e. The first-order chi connectivity index (χ1) is 30.6. The van der Waals surface area contributed by atoms with Gasteiger partial charge in [0.25, 0.3) is 0 Å². The first-order valence-electron chi connectivity index (χ1n) is 22.4. The first kappa shape index (κ1) is 47.5. The molecule has 0 radical (unpaired) electrons. The van der Waals surface area contributed by atoms with Gasteiger partial charge in [-0.2, -0.15) is 0 Å². The Bertz CT molecular complexity index is 2150. The second-order valence-electron chi connectivity index (χ2n) is 18.8. The fourth-order valence-corrected chi connectivity index (χ4v) is 10.5. The Morgan fingerprint density at radius 1 is 0.785 bits per heavy atom. The van der Waals surface area contributed by atoms with Crippen LogP contribution in [0.2, 0.25) is 0 Å². The summed E-state index contributed by atoms with van der Waals surface area (Å²) < 4.78 is 48.4. The van der Waals surface area contributed by atoms with E-state index in [1.165, 1.54) is 31.2 Å². The molecule has 5 fully saturated rings. The molecule has 1 aromatic rings. The predicted octanol–water partition coefficient (Wildman–Crippen LogP) is 2.54. The zero-order chi connectivity index (χ0) is 46.9. The summed E-state index contributed by atoms with van der Waals surface area (Å²) in [4.78, 5) is 66.3. The van der Waals surface area contributed by atoms with Crippen molar-refractivity contribution in [3.63, 3.8) is 0 Å². The van der Waals surface area contributed by atoms with E-state index in [2.05, 4.69) is 0 Å². The van der Waals surface area contributed by atoms with Crippen LogP contribution >= 0.6 is 0 Å². The molecule has 4 aliphatic heterocycles. The van der Waals surface area contributed by atoms with Crippen LogP contribution in [-0.2, 0) is 52.3 Å². The molecular formula is C46H58O19. The Labute approximate surface area is 374 Å². The molecule has 16 atom stereocenters. The maximum atomic E-state index is 14.7. The van der Waals surface area contributed by atoms with Crippen LogP contribution in [-0.4, -0.2) is 151 Å². The fourth-order valence-electron chi connectivity index (χ4n) is 10.5. The van der Waals surface area contributed by atoms with Crippen LogP contribution in [0.1, 0.15) is 131 Å². The fraction of sp³-hybridized carbons (Fsp3) is 0.674. The molecule has 0 amide bonds. The van der Waals surface area contributed by atoms with Gasteiger partial charge >= 0.3 is 11.9 Å². The van der Waals surface area contributed by atoms with Crippen LogP contribution in [0, 0.1) is 0 Å². The van der Waals surface area contributed by atoms with Gasteiger partial charge in [-0.15, -0.1) is 0 Å². The normalized spacial score (nSPS) is 41.9. The van der Waals surface area contributed by atoms with Crippen molar-refractivity contribution < 1.29 is 92.5 Å². The summed E-state index contributed by atoms with van der Waals surface area (Å²) in [5.74, 6) is -5.19. The number of hydrogen-bond acceptors (Lipinski definition) is 18. The third kappa shape index (κ3) is 8.86. The zero-order valence-electron chi connectivity index (χ0n) is 36.9. The molecule has 0 aromatic heterocycles. The van der Waals surface area contributed by atoms with Crippen LogP contribution in [0.4, 0.5) is 0 Å². The monoisotopic (exact) mass is 914 g/mol. The number of aliphatic hydroxyl groups excluding tert-OH is 2.